The Bertz CT molecular complexity index is 418. The Morgan fingerprint density at radius 2 is 2.00 bits per heavy atom. The van der Waals surface area contributed by atoms with Crippen LogP contribution >= 0.6 is 0 Å². The number of benzene rings is 1. The van der Waals surface area contributed by atoms with Crippen LogP contribution in [0.4, 0.5) is 0 Å². The lowest BCUT2D eigenvalue weighted by Crippen LogP contribution is -2.01. The number of aryl methyl sites for hydroxylation is 1. The van der Waals surface area contributed by atoms with Gasteiger partial charge in [0.05, 0.1) is 0 Å². The fourth-order valence-electron chi connectivity index (χ4n) is 1.65. The summed E-state index contributed by atoms with van der Waals surface area (Å²) in [6, 6.07) is 10.4. The fraction of sp³-hybridized carbons (Fsp3) is 0.250. The maximum atomic E-state index is 5.49. The van der Waals surface area contributed by atoms with Crippen molar-refractivity contribution in [1.82, 2.24) is 4.98 Å². The van der Waals surface area contributed by atoms with Gasteiger partial charge in [-0.2, -0.15) is 0 Å². The van der Waals surface area contributed by atoms with Gasteiger partial charge in [0.1, 0.15) is 0 Å². The van der Waals surface area contributed by atoms with Gasteiger partial charge in [-0.15, -0.1) is 0 Å². The van der Waals surface area contributed by atoms with Gasteiger partial charge >= 0.3 is 0 Å². The van der Waals surface area contributed by atoms with E-state index in [0.29, 0.717) is 0 Å². The molecule has 0 atom stereocenters. The summed E-state index contributed by atoms with van der Waals surface area (Å²) < 4.78 is 0. The van der Waals surface area contributed by atoms with Crippen LogP contribution in [0.3, 0.4) is 0 Å². The predicted octanol–water partition coefficient (Wildman–Crippen LogP) is 2.13. The quantitative estimate of drug-likeness (QED) is 0.797. The third-order valence-electron chi connectivity index (χ3n) is 2.37. The minimum atomic E-state index is 0.727. The zero-order chi connectivity index (χ0) is 9.80. The van der Waals surface area contributed by atoms with Crippen LogP contribution in [0.15, 0.2) is 36.5 Å². The van der Waals surface area contributed by atoms with Crippen molar-refractivity contribution in [3.63, 3.8) is 0 Å². The van der Waals surface area contributed by atoms with Crippen LogP contribution in [0.5, 0.6) is 0 Å². The standard InChI is InChI=1S/C12H14N2/c13-8-3-6-12-11-5-2-1-4-10(11)7-9-14-12/h1-2,4-5,7,9H,3,6,8,13H2. The van der Waals surface area contributed by atoms with Crippen LogP contribution in [0.1, 0.15) is 12.1 Å². The number of hydrogen-bond acceptors (Lipinski definition) is 2. The van der Waals surface area contributed by atoms with E-state index < -0.39 is 0 Å². The smallest absolute Gasteiger partial charge is 0.0482 e. The summed E-state index contributed by atoms with van der Waals surface area (Å²) in [4.78, 5) is 4.39. The Labute approximate surface area is 83.8 Å². The lowest BCUT2D eigenvalue weighted by Gasteiger charge is -2.03. The highest BCUT2D eigenvalue weighted by molar-refractivity contribution is 5.84. The highest BCUT2D eigenvalue weighted by Crippen LogP contribution is 2.16. The molecule has 2 heteroatoms. The molecule has 0 saturated carbocycles. The van der Waals surface area contributed by atoms with Crippen LogP contribution in [0, 0.1) is 0 Å². The van der Waals surface area contributed by atoms with E-state index in [2.05, 4.69) is 29.2 Å². The summed E-state index contributed by atoms with van der Waals surface area (Å²) in [5.74, 6) is 0. The van der Waals surface area contributed by atoms with E-state index in [1.165, 1.54) is 10.8 Å². The Morgan fingerprint density at radius 1 is 1.14 bits per heavy atom. The molecule has 0 amide bonds. The van der Waals surface area contributed by atoms with Gasteiger partial charge in [-0.25, -0.2) is 0 Å². The first-order chi connectivity index (χ1) is 6.92. The van der Waals surface area contributed by atoms with Crippen molar-refractivity contribution in [1.29, 1.82) is 0 Å². The summed E-state index contributed by atoms with van der Waals surface area (Å²) in [6.07, 6.45) is 3.84. The summed E-state index contributed by atoms with van der Waals surface area (Å²) >= 11 is 0. The Kier molecular flexibility index (Phi) is 2.75. The third kappa shape index (κ3) is 1.75. The molecule has 2 rings (SSSR count). The van der Waals surface area contributed by atoms with Gasteiger partial charge in [-0.1, -0.05) is 24.3 Å². The van der Waals surface area contributed by atoms with Gasteiger partial charge in [0, 0.05) is 17.3 Å². The Balaban J connectivity index is 2.43. The number of hydrogen-bond donors (Lipinski definition) is 1. The highest BCUT2D eigenvalue weighted by atomic mass is 14.7. The minimum Gasteiger partial charge on any atom is -0.330 e. The fourth-order valence-corrected chi connectivity index (χ4v) is 1.65. The topological polar surface area (TPSA) is 38.9 Å². The molecule has 0 aliphatic heterocycles. The molecular weight excluding hydrogens is 172 g/mol. The van der Waals surface area contributed by atoms with Crippen molar-refractivity contribution in [2.24, 2.45) is 5.73 Å². The van der Waals surface area contributed by atoms with E-state index in [9.17, 15) is 0 Å². The highest BCUT2D eigenvalue weighted by Gasteiger charge is 2.00. The average Bonchev–Trinajstić information content (AvgIpc) is 2.26. The SMILES string of the molecule is NCCCc1nccc2ccccc12. The minimum absolute atomic E-state index is 0.727. The van der Waals surface area contributed by atoms with Crippen LogP contribution in [0.2, 0.25) is 0 Å². The molecule has 2 nitrogen and oxygen atoms in total. The molecule has 0 aliphatic carbocycles. The lowest BCUT2D eigenvalue weighted by atomic mass is 10.1. The van der Waals surface area contributed by atoms with Crippen LogP contribution in [0.25, 0.3) is 10.8 Å². The maximum Gasteiger partial charge on any atom is 0.0482 e. The summed E-state index contributed by atoms with van der Waals surface area (Å²) in [6.45, 7) is 0.727. The van der Waals surface area contributed by atoms with Crippen LogP contribution in [-0.4, -0.2) is 11.5 Å². The van der Waals surface area contributed by atoms with Crippen molar-refractivity contribution < 1.29 is 0 Å². The van der Waals surface area contributed by atoms with Gasteiger partial charge in [-0.3, -0.25) is 4.98 Å². The molecule has 0 aliphatic rings. The molecule has 0 unspecified atom stereocenters. The normalized spacial score (nSPS) is 10.6. The van der Waals surface area contributed by atoms with E-state index >= 15 is 0 Å². The molecule has 2 aromatic rings. The van der Waals surface area contributed by atoms with Gasteiger partial charge < -0.3 is 5.73 Å². The van der Waals surface area contributed by atoms with E-state index in [0.717, 1.165) is 25.1 Å². The molecule has 0 saturated heterocycles. The molecule has 0 spiro atoms. The summed E-state index contributed by atoms with van der Waals surface area (Å²) in [5, 5.41) is 2.51. The predicted molar refractivity (Wildman–Crippen MR) is 59.1 cm³/mol. The van der Waals surface area contributed by atoms with Crippen molar-refractivity contribution in [3.8, 4) is 0 Å². The number of rotatable bonds is 3. The van der Waals surface area contributed by atoms with E-state index in [1.807, 2.05) is 12.3 Å². The van der Waals surface area contributed by atoms with Gasteiger partial charge in [0.25, 0.3) is 0 Å². The zero-order valence-corrected chi connectivity index (χ0v) is 8.11. The zero-order valence-electron chi connectivity index (χ0n) is 8.11. The van der Waals surface area contributed by atoms with Crippen molar-refractivity contribution in [3.05, 3.63) is 42.2 Å². The lowest BCUT2D eigenvalue weighted by molar-refractivity contribution is 0.817. The first kappa shape index (κ1) is 9.16. The van der Waals surface area contributed by atoms with Crippen LogP contribution < -0.4 is 5.73 Å². The van der Waals surface area contributed by atoms with Gasteiger partial charge in [0.2, 0.25) is 0 Å². The van der Waals surface area contributed by atoms with Gasteiger partial charge in [0.15, 0.2) is 0 Å². The molecule has 0 fully saturated rings. The maximum absolute atomic E-state index is 5.49. The van der Waals surface area contributed by atoms with E-state index in [4.69, 9.17) is 5.73 Å². The second-order valence-electron chi connectivity index (χ2n) is 3.37. The summed E-state index contributed by atoms with van der Waals surface area (Å²) in [7, 11) is 0. The van der Waals surface area contributed by atoms with Gasteiger partial charge in [-0.05, 0) is 30.8 Å². The van der Waals surface area contributed by atoms with Crippen molar-refractivity contribution in [2.45, 2.75) is 12.8 Å². The van der Waals surface area contributed by atoms with Crippen molar-refractivity contribution >= 4 is 10.8 Å². The second kappa shape index (κ2) is 4.20. The molecule has 1 heterocycles. The molecule has 72 valence electrons. The molecule has 1 aromatic carbocycles. The molecular formula is C12H14N2. The first-order valence-corrected chi connectivity index (χ1v) is 4.94. The molecule has 1 aromatic heterocycles. The van der Waals surface area contributed by atoms with E-state index in [1.54, 1.807) is 0 Å². The number of nitrogens with zero attached hydrogens (tertiary/aromatic N) is 1. The first-order valence-electron chi connectivity index (χ1n) is 4.94. The number of nitrogens with two attached hydrogens (primary N) is 1. The monoisotopic (exact) mass is 186 g/mol. The summed E-state index contributed by atoms with van der Waals surface area (Å²) in [5.41, 5.74) is 6.65. The average molecular weight is 186 g/mol. The number of pyridine rings is 1. The number of aromatic nitrogens is 1. The number of fused-ring (bicyclic) bond motifs is 1. The second-order valence-corrected chi connectivity index (χ2v) is 3.37. The molecule has 0 radical (unpaired) electrons. The molecule has 0 bridgehead atoms. The Hall–Kier alpha value is -1.41. The largest absolute Gasteiger partial charge is 0.330 e. The van der Waals surface area contributed by atoms with E-state index in [-0.39, 0.29) is 0 Å². The Morgan fingerprint density at radius 3 is 2.86 bits per heavy atom. The van der Waals surface area contributed by atoms with Crippen LogP contribution in [-0.2, 0) is 6.42 Å². The third-order valence-corrected chi connectivity index (χ3v) is 2.37. The molecule has 14 heavy (non-hydrogen) atoms. The van der Waals surface area contributed by atoms with Crippen molar-refractivity contribution in [2.75, 3.05) is 6.54 Å². The molecule has 2 N–H and O–H groups in total.